The Labute approximate surface area is 164 Å². The lowest BCUT2D eigenvalue weighted by molar-refractivity contribution is -0.182. The molecule has 1 aromatic heterocycles. The van der Waals surface area contributed by atoms with Crippen LogP contribution in [0.5, 0.6) is 0 Å². The van der Waals surface area contributed by atoms with Crippen LogP contribution in [-0.4, -0.2) is 29.7 Å². The van der Waals surface area contributed by atoms with Crippen LogP contribution in [-0.2, 0) is 6.54 Å². The molecule has 0 bridgehead atoms. The third-order valence-corrected chi connectivity index (χ3v) is 4.38. The summed E-state index contributed by atoms with van der Waals surface area (Å²) in [4.78, 5) is 8.82. The third-order valence-electron chi connectivity index (χ3n) is 4.38. The third kappa shape index (κ3) is 6.99. The van der Waals surface area contributed by atoms with Crippen molar-refractivity contribution in [1.82, 2.24) is 15.6 Å². The quantitative estimate of drug-likeness (QED) is 0.395. The molecule has 0 atom stereocenters. The monoisotopic (exact) mass is 470 g/mol. The topological polar surface area (TPSA) is 49.3 Å². The molecule has 4 nitrogen and oxygen atoms in total. The van der Waals surface area contributed by atoms with E-state index in [-0.39, 0.29) is 42.9 Å². The summed E-state index contributed by atoms with van der Waals surface area (Å²) in [6, 6.07) is 3.90. The van der Waals surface area contributed by atoms with E-state index in [4.69, 9.17) is 0 Å². The maximum atomic E-state index is 12.7. The van der Waals surface area contributed by atoms with E-state index >= 15 is 0 Å². The Bertz CT molecular complexity index is 555. The van der Waals surface area contributed by atoms with Crippen molar-refractivity contribution >= 4 is 29.9 Å². The number of rotatable bonds is 4. The van der Waals surface area contributed by atoms with Crippen LogP contribution >= 0.6 is 24.0 Å². The molecule has 142 valence electrons. The van der Waals surface area contributed by atoms with Gasteiger partial charge < -0.3 is 10.6 Å². The number of aromatic nitrogens is 1. The number of hydrogen-bond acceptors (Lipinski definition) is 2. The van der Waals surface area contributed by atoms with Gasteiger partial charge in [0.15, 0.2) is 5.96 Å². The van der Waals surface area contributed by atoms with E-state index in [1.165, 1.54) is 0 Å². The van der Waals surface area contributed by atoms with E-state index in [1.807, 2.05) is 26.0 Å². The van der Waals surface area contributed by atoms with Crippen LogP contribution in [0.1, 0.15) is 43.9 Å². The van der Waals surface area contributed by atoms with Crippen molar-refractivity contribution in [2.75, 3.05) is 6.54 Å². The van der Waals surface area contributed by atoms with Crippen LogP contribution in [0, 0.1) is 12.8 Å². The summed E-state index contributed by atoms with van der Waals surface area (Å²) in [7, 11) is 0. The van der Waals surface area contributed by atoms with Gasteiger partial charge >= 0.3 is 6.18 Å². The summed E-state index contributed by atoms with van der Waals surface area (Å²) < 4.78 is 38.2. The van der Waals surface area contributed by atoms with Crippen molar-refractivity contribution < 1.29 is 13.2 Å². The first kappa shape index (κ1) is 22.0. The second kappa shape index (κ2) is 10.2. The average molecular weight is 470 g/mol. The molecule has 1 saturated carbocycles. The Balaban J connectivity index is 0.00000312. The van der Waals surface area contributed by atoms with Gasteiger partial charge in [-0.2, -0.15) is 13.2 Å². The van der Waals surface area contributed by atoms with Gasteiger partial charge in [-0.3, -0.25) is 4.98 Å². The molecule has 8 heteroatoms. The second-order valence-corrected chi connectivity index (χ2v) is 6.20. The second-order valence-electron chi connectivity index (χ2n) is 6.20. The average Bonchev–Trinajstić information content (AvgIpc) is 2.54. The fourth-order valence-corrected chi connectivity index (χ4v) is 2.92. The molecule has 1 fully saturated rings. The molecule has 1 heterocycles. The Hall–Kier alpha value is -1.06. The molecule has 1 aromatic rings. The van der Waals surface area contributed by atoms with Gasteiger partial charge in [-0.25, -0.2) is 4.99 Å². The zero-order chi connectivity index (χ0) is 17.6. The first-order chi connectivity index (χ1) is 11.4. The Morgan fingerprint density at radius 2 is 1.96 bits per heavy atom. The summed E-state index contributed by atoms with van der Waals surface area (Å²) in [6.45, 7) is 5.09. The van der Waals surface area contributed by atoms with E-state index in [1.54, 1.807) is 6.20 Å². The standard InChI is InChI=1S/C17H25F3N4.HI/c1-3-21-16(23-11-15-12(2)5-4-10-22-15)24-14-8-6-13(7-9-14)17(18,19)20;/h4-5,10,13-14H,3,6-9,11H2,1-2H3,(H2,21,23,24);1H. The number of nitrogens with zero attached hydrogens (tertiary/aromatic N) is 2. The number of aliphatic imine (C=N–C) groups is 1. The molecule has 1 aliphatic rings. The minimum atomic E-state index is -4.07. The highest BCUT2D eigenvalue weighted by Crippen LogP contribution is 2.37. The molecule has 0 unspecified atom stereocenters. The molecular formula is C17H26F3IN4. The highest BCUT2D eigenvalue weighted by molar-refractivity contribution is 14.0. The van der Waals surface area contributed by atoms with Crippen molar-refractivity contribution in [2.24, 2.45) is 10.9 Å². The van der Waals surface area contributed by atoms with Gasteiger partial charge in [-0.15, -0.1) is 24.0 Å². The predicted octanol–water partition coefficient (Wildman–Crippen LogP) is 4.18. The van der Waals surface area contributed by atoms with Gasteiger partial charge in [0.2, 0.25) is 0 Å². The molecular weight excluding hydrogens is 444 g/mol. The van der Waals surface area contributed by atoms with E-state index < -0.39 is 12.1 Å². The lowest BCUT2D eigenvalue weighted by atomic mass is 9.85. The molecule has 0 spiro atoms. The molecule has 25 heavy (non-hydrogen) atoms. The molecule has 0 saturated heterocycles. The van der Waals surface area contributed by atoms with Gasteiger partial charge in [0.25, 0.3) is 0 Å². The molecule has 0 radical (unpaired) electrons. The maximum Gasteiger partial charge on any atom is 0.391 e. The van der Waals surface area contributed by atoms with Crippen LogP contribution < -0.4 is 10.6 Å². The fourth-order valence-electron chi connectivity index (χ4n) is 2.92. The SMILES string of the molecule is CCNC(=NCc1ncccc1C)NC1CCC(C(F)(F)F)CC1.I. The Morgan fingerprint density at radius 1 is 1.28 bits per heavy atom. The fraction of sp³-hybridized carbons (Fsp3) is 0.647. The van der Waals surface area contributed by atoms with Crippen LogP contribution in [0.4, 0.5) is 13.2 Å². The van der Waals surface area contributed by atoms with Gasteiger partial charge in [0, 0.05) is 18.8 Å². The van der Waals surface area contributed by atoms with Crippen molar-refractivity contribution in [3.05, 3.63) is 29.6 Å². The molecule has 0 amide bonds. The molecule has 0 aromatic carbocycles. The van der Waals surface area contributed by atoms with Crippen molar-refractivity contribution in [3.8, 4) is 0 Å². The number of alkyl halides is 3. The van der Waals surface area contributed by atoms with Crippen LogP contribution in [0.3, 0.4) is 0 Å². The van der Waals surface area contributed by atoms with E-state index in [0.717, 1.165) is 11.3 Å². The van der Waals surface area contributed by atoms with Gasteiger partial charge in [0.05, 0.1) is 18.2 Å². The van der Waals surface area contributed by atoms with E-state index in [0.29, 0.717) is 31.9 Å². The lowest BCUT2D eigenvalue weighted by Gasteiger charge is -2.31. The molecule has 2 rings (SSSR count). The summed E-state index contributed by atoms with van der Waals surface area (Å²) >= 11 is 0. The van der Waals surface area contributed by atoms with E-state index in [9.17, 15) is 13.2 Å². The van der Waals surface area contributed by atoms with Crippen molar-refractivity contribution in [1.29, 1.82) is 0 Å². The van der Waals surface area contributed by atoms with Gasteiger partial charge in [-0.05, 0) is 51.2 Å². The van der Waals surface area contributed by atoms with Crippen molar-refractivity contribution in [3.63, 3.8) is 0 Å². The van der Waals surface area contributed by atoms with Crippen LogP contribution in [0.15, 0.2) is 23.3 Å². The predicted molar refractivity (Wildman–Crippen MR) is 104 cm³/mol. The lowest BCUT2D eigenvalue weighted by Crippen LogP contribution is -2.45. The Kier molecular flexibility index (Phi) is 8.95. The van der Waals surface area contributed by atoms with Crippen LogP contribution in [0.2, 0.25) is 0 Å². The summed E-state index contributed by atoms with van der Waals surface area (Å²) in [6.07, 6.45) is -0.953. The Morgan fingerprint density at radius 3 is 2.52 bits per heavy atom. The highest BCUT2D eigenvalue weighted by Gasteiger charge is 2.41. The largest absolute Gasteiger partial charge is 0.391 e. The minimum absolute atomic E-state index is 0. The summed E-state index contributed by atoms with van der Waals surface area (Å²) in [5.41, 5.74) is 1.97. The maximum absolute atomic E-state index is 12.7. The normalized spacial score (nSPS) is 21.4. The number of halogens is 4. The highest BCUT2D eigenvalue weighted by atomic mass is 127. The van der Waals surface area contributed by atoms with Crippen molar-refractivity contribution in [2.45, 2.75) is 58.3 Å². The zero-order valence-corrected chi connectivity index (χ0v) is 16.9. The first-order valence-electron chi connectivity index (χ1n) is 8.42. The summed E-state index contributed by atoms with van der Waals surface area (Å²) in [5, 5.41) is 6.41. The summed E-state index contributed by atoms with van der Waals surface area (Å²) in [5.74, 6) is -0.524. The zero-order valence-electron chi connectivity index (χ0n) is 14.6. The van der Waals surface area contributed by atoms with Gasteiger partial charge in [0.1, 0.15) is 0 Å². The van der Waals surface area contributed by atoms with E-state index in [2.05, 4.69) is 20.6 Å². The van der Waals surface area contributed by atoms with Gasteiger partial charge in [-0.1, -0.05) is 6.07 Å². The first-order valence-corrected chi connectivity index (χ1v) is 8.42. The van der Waals surface area contributed by atoms with Crippen LogP contribution in [0.25, 0.3) is 0 Å². The number of pyridine rings is 1. The number of aryl methyl sites for hydroxylation is 1. The molecule has 0 aliphatic heterocycles. The number of nitrogens with one attached hydrogen (secondary N) is 2. The minimum Gasteiger partial charge on any atom is -0.357 e. The smallest absolute Gasteiger partial charge is 0.357 e. The number of guanidine groups is 1. The molecule has 2 N–H and O–H groups in total. The number of hydrogen-bond donors (Lipinski definition) is 2. The molecule has 1 aliphatic carbocycles.